The topological polar surface area (TPSA) is 38.3 Å². The second-order valence-corrected chi connectivity index (χ2v) is 3.51. The lowest BCUT2D eigenvalue weighted by Gasteiger charge is -2.17. The van der Waals surface area contributed by atoms with E-state index in [1.54, 1.807) is 6.08 Å². The zero-order chi connectivity index (χ0) is 11.8. The molecular weight excluding hydrogens is 202 g/mol. The van der Waals surface area contributed by atoms with E-state index in [-0.39, 0.29) is 12.0 Å². The molecule has 0 radical (unpaired) electrons. The van der Waals surface area contributed by atoms with E-state index in [2.05, 4.69) is 16.6 Å². The average molecular weight is 219 g/mol. The van der Waals surface area contributed by atoms with Crippen LogP contribution in [0.1, 0.15) is 12.8 Å². The summed E-state index contributed by atoms with van der Waals surface area (Å²) in [5.74, 6) is -0.213. The largest absolute Gasteiger partial charge is 0.469 e. The van der Waals surface area contributed by atoms with E-state index in [1.807, 2.05) is 30.3 Å². The molecule has 1 rings (SSSR count). The molecule has 0 saturated heterocycles. The quantitative estimate of drug-likeness (QED) is 0.590. The zero-order valence-electron chi connectivity index (χ0n) is 9.48. The summed E-state index contributed by atoms with van der Waals surface area (Å²) in [7, 11) is 1.40. The molecule has 3 nitrogen and oxygen atoms in total. The zero-order valence-corrected chi connectivity index (χ0v) is 9.48. The van der Waals surface area contributed by atoms with Crippen molar-refractivity contribution in [1.29, 1.82) is 0 Å². The van der Waals surface area contributed by atoms with E-state index in [4.69, 9.17) is 0 Å². The van der Waals surface area contributed by atoms with Crippen molar-refractivity contribution in [2.45, 2.75) is 18.9 Å². The van der Waals surface area contributed by atoms with E-state index in [9.17, 15) is 4.79 Å². The summed E-state index contributed by atoms with van der Waals surface area (Å²) in [5.41, 5.74) is 0.998. The Hall–Kier alpha value is -1.77. The first-order valence-electron chi connectivity index (χ1n) is 5.25. The van der Waals surface area contributed by atoms with Crippen LogP contribution in [0.4, 0.5) is 5.69 Å². The van der Waals surface area contributed by atoms with Crippen LogP contribution in [0.5, 0.6) is 0 Å². The van der Waals surface area contributed by atoms with Crippen molar-refractivity contribution in [2.75, 3.05) is 12.4 Å². The molecule has 0 aliphatic carbocycles. The molecule has 0 amide bonds. The van der Waals surface area contributed by atoms with Gasteiger partial charge in [0.25, 0.3) is 0 Å². The third-order valence-corrected chi connectivity index (χ3v) is 2.24. The molecule has 1 aromatic rings. The third kappa shape index (κ3) is 4.17. The monoisotopic (exact) mass is 219 g/mol. The van der Waals surface area contributed by atoms with Gasteiger partial charge >= 0.3 is 5.97 Å². The molecule has 0 aromatic heterocycles. The van der Waals surface area contributed by atoms with Crippen molar-refractivity contribution < 1.29 is 9.53 Å². The highest BCUT2D eigenvalue weighted by molar-refractivity contribution is 5.70. The highest BCUT2D eigenvalue weighted by Crippen LogP contribution is 2.11. The minimum Gasteiger partial charge on any atom is -0.469 e. The Morgan fingerprint density at radius 2 is 2.19 bits per heavy atom. The number of para-hydroxylation sites is 1. The van der Waals surface area contributed by atoms with Crippen LogP contribution in [-0.4, -0.2) is 19.1 Å². The molecule has 0 fully saturated rings. The number of rotatable bonds is 6. The Kier molecular flexibility index (Phi) is 5.12. The second kappa shape index (κ2) is 6.67. The maximum absolute atomic E-state index is 11.2. The number of hydrogen-bond acceptors (Lipinski definition) is 3. The van der Waals surface area contributed by atoms with Crippen LogP contribution < -0.4 is 5.32 Å². The molecular formula is C13H17NO2. The normalized spacial score (nSPS) is 11.6. The minimum absolute atomic E-state index is 0.0346. The van der Waals surface area contributed by atoms with Crippen molar-refractivity contribution in [3.8, 4) is 0 Å². The molecule has 3 heteroatoms. The van der Waals surface area contributed by atoms with E-state index < -0.39 is 0 Å². The maximum Gasteiger partial charge on any atom is 0.307 e. The van der Waals surface area contributed by atoms with Gasteiger partial charge in [-0.2, -0.15) is 0 Å². The van der Waals surface area contributed by atoms with Crippen LogP contribution in [-0.2, 0) is 9.53 Å². The molecule has 0 heterocycles. The Bertz CT molecular complexity index is 335. The first-order valence-corrected chi connectivity index (χ1v) is 5.25. The van der Waals surface area contributed by atoms with Crippen LogP contribution in [0.15, 0.2) is 43.0 Å². The summed E-state index contributed by atoms with van der Waals surface area (Å²) in [5, 5.41) is 3.27. The summed E-state index contributed by atoms with van der Waals surface area (Å²) in [4.78, 5) is 11.2. The maximum atomic E-state index is 11.2. The smallest absolute Gasteiger partial charge is 0.307 e. The number of nitrogens with one attached hydrogen (secondary N) is 1. The van der Waals surface area contributed by atoms with Crippen molar-refractivity contribution in [3.05, 3.63) is 43.0 Å². The fourth-order valence-corrected chi connectivity index (χ4v) is 1.45. The van der Waals surface area contributed by atoms with Crippen LogP contribution >= 0.6 is 0 Å². The lowest BCUT2D eigenvalue weighted by Crippen LogP contribution is -2.23. The molecule has 1 atom stereocenters. The van der Waals surface area contributed by atoms with Gasteiger partial charge in [-0.15, -0.1) is 6.58 Å². The number of ether oxygens (including phenoxy) is 1. The van der Waals surface area contributed by atoms with Crippen molar-refractivity contribution in [2.24, 2.45) is 0 Å². The van der Waals surface area contributed by atoms with E-state index in [1.165, 1.54) is 7.11 Å². The van der Waals surface area contributed by atoms with Gasteiger partial charge in [0.15, 0.2) is 0 Å². The molecule has 1 N–H and O–H groups in total. The van der Waals surface area contributed by atoms with Crippen molar-refractivity contribution in [1.82, 2.24) is 0 Å². The third-order valence-electron chi connectivity index (χ3n) is 2.24. The van der Waals surface area contributed by atoms with E-state index in [0.717, 1.165) is 12.1 Å². The number of anilines is 1. The van der Waals surface area contributed by atoms with Gasteiger partial charge in [0.1, 0.15) is 0 Å². The summed E-state index contributed by atoms with van der Waals surface area (Å²) in [6.07, 6.45) is 2.87. The first kappa shape index (κ1) is 12.3. The molecule has 1 aromatic carbocycles. The number of hydrogen-bond donors (Lipinski definition) is 1. The van der Waals surface area contributed by atoms with Crippen molar-refractivity contribution >= 4 is 11.7 Å². The van der Waals surface area contributed by atoms with E-state index >= 15 is 0 Å². The molecule has 0 bridgehead atoms. The summed E-state index contributed by atoms with van der Waals surface area (Å²) >= 11 is 0. The summed E-state index contributed by atoms with van der Waals surface area (Å²) in [6.45, 7) is 3.68. The van der Waals surface area contributed by atoms with Crippen LogP contribution in [0.3, 0.4) is 0 Å². The van der Waals surface area contributed by atoms with Crippen molar-refractivity contribution in [3.63, 3.8) is 0 Å². The lowest BCUT2D eigenvalue weighted by atomic mass is 10.1. The number of methoxy groups -OCH3 is 1. The Morgan fingerprint density at radius 3 is 2.75 bits per heavy atom. The van der Waals surface area contributed by atoms with Gasteiger partial charge in [0.2, 0.25) is 0 Å². The minimum atomic E-state index is -0.213. The van der Waals surface area contributed by atoms with Crippen LogP contribution in [0, 0.1) is 0 Å². The van der Waals surface area contributed by atoms with E-state index in [0.29, 0.717) is 6.42 Å². The van der Waals surface area contributed by atoms with Gasteiger partial charge in [-0.25, -0.2) is 0 Å². The molecule has 86 valence electrons. The Labute approximate surface area is 96.1 Å². The molecule has 0 aliphatic heterocycles. The average Bonchev–Trinajstić information content (AvgIpc) is 2.30. The molecule has 0 saturated carbocycles. The van der Waals surface area contributed by atoms with Gasteiger partial charge in [0, 0.05) is 11.7 Å². The predicted octanol–water partition coefficient (Wildman–Crippen LogP) is 2.61. The first-order chi connectivity index (χ1) is 7.76. The van der Waals surface area contributed by atoms with Gasteiger partial charge in [-0.1, -0.05) is 24.3 Å². The predicted molar refractivity (Wildman–Crippen MR) is 65.3 cm³/mol. The van der Waals surface area contributed by atoms with Gasteiger partial charge < -0.3 is 10.1 Å². The molecule has 16 heavy (non-hydrogen) atoms. The number of benzene rings is 1. The lowest BCUT2D eigenvalue weighted by molar-refractivity contribution is -0.140. The van der Waals surface area contributed by atoms with Gasteiger partial charge in [-0.3, -0.25) is 4.79 Å². The van der Waals surface area contributed by atoms with Gasteiger partial charge in [0.05, 0.1) is 13.5 Å². The Balaban J connectivity index is 2.57. The second-order valence-electron chi connectivity index (χ2n) is 3.51. The van der Waals surface area contributed by atoms with Crippen LogP contribution in [0.2, 0.25) is 0 Å². The highest BCUT2D eigenvalue weighted by atomic mass is 16.5. The Morgan fingerprint density at radius 1 is 1.50 bits per heavy atom. The number of esters is 1. The number of carbonyl (C=O) groups is 1. The molecule has 0 aliphatic rings. The summed E-state index contributed by atoms with van der Waals surface area (Å²) < 4.78 is 4.65. The standard InChI is InChI=1S/C13H17NO2/c1-3-7-12(10-13(15)16-2)14-11-8-5-4-6-9-11/h3-6,8-9,12,14H,1,7,10H2,2H3. The van der Waals surface area contributed by atoms with Gasteiger partial charge in [-0.05, 0) is 18.6 Å². The molecule has 0 spiro atoms. The highest BCUT2D eigenvalue weighted by Gasteiger charge is 2.12. The fourth-order valence-electron chi connectivity index (χ4n) is 1.45. The fraction of sp³-hybridized carbons (Fsp3) is 0.308. The summed E-state index contributed by atoms with van der Waals surface area (Å²) in [6, 6.07) is 9.82. The SMILES string of the molecule is C=CCC(CC(=O)OC)Nc1ccccc1. The van der Waals surface area contributed by atoms with Crippen LogP contribution in [0.25, 0.3) is 0 Å². The molecule has 1 unspecified atom stereocenters. The number of carbonyl (C=O) groups excluding carboxylic acids is 1.